The summed E-state index contributed by atoms with van der Waals surface area (Å²) in [6, 6.07) is 12.5. The summed E-state index contributed by atoms with van der Waals surface area (Å²) in [4.78, 5) is 12.1. The molecule has 110 valence electrons. The summed E-state index contributed by atoms with van der Waals surface area (Å²) in [5.41, 5.74) is 7.99. The van der Waals surface area contributed by atoms with Gasteiger partial charge in [-0.2, -0.15) is 0 Å². The topological polar surface area (TPSA) is 72.5 Å². The van der Waals surface area contributed by atoms with Gasteiger partial charge in [-0.05, 0) is 36.8 Å². The molecular formula is C16H17NO3S. The van der Waals surface area contributed by atoms with E-state index < -0.39 is 5.97 Å². The average Bonchev–Trinajstić information content (AvgIpc) is 2.47. The Balaban J connectivity index is 1.91. The van der Waals surface area contributed by atoms with Crippen LogP contribution in [-0.2, 0) is 0 Å². The van der Waals surface area contributed by atoms with Crippen LogP contribution in [0.3, 0.4) is 0 Å². The maximum absolute atomic E-state index is 11.1. The van der Waals surface area contributed by atoms with Crippen molar-refractivity contribution in [3.05, 3.63) is 53.6 Å². The monoisotopic (exact) mass is 303 g/mol. The normalized spacial score (nSPS) is 10.3. The first-order valence-electron chi connectivity index (χ1n) is 6.52. The average molecular weight is 303 g/mol. The molecule has 5 heteroatoms. The molecule has 0 atom stereocenters. The van der Waals surface area contributed by atoms with Crippen LogP contribution in [0.1, 0.15) is 15.9 Å². The van der Waals surface area contributed by atoms with Crippen molar-refractivity contribution in [3.8, 4) is 5.75 Å². The molecule has 0 bridgehead atoms. The number of rotatable bonds is 6. The maximum atomic E-state index is 11.1. The van der Waals surface area contributed by atoms with Gasteiger partial charge in [-0.3, -0.25) is 0 Å². The molecule has 0 unspecified atom stereocenters. The van der Waals surface area contributed by atoms with E-state index in [0.29, 0.717) is 18.1 Å². The van der Waals surface area contributed by atoms with Gasteiger partial charge in [0.25, 0.3) is 0 Å². The number of thioether (sulfide) groups is 1. The number of nitrogens with two attached hydrogens (primary N) is 1. The zero-order valence-corrected chi connectivity index (χ0v) is 12.5. The maximum Gasteiger partial charge on any atom is 0.339 e. The summed E-state index contributed by atoms with van der Waals surface area (Å²) < 4.78 is 5.55. The van der Waals surface area contributed by atoms with E-state index in [-0.39, 0.29) is 5.56 Å². The molecule has 0 aliphatic heterocycles. The van der Waals surface area contributed by atoms with Crippen molar-refractivity contribution in [1.29, 1.82) is 0 Å². The summed E-state index contributed by atoms with van der Waals surface area (Å²) >= 11 is 1.60. The molecular weight excluding hydrogens is 286 g/mol. The number of benzene rings is 2. The van der Waals surface area contributed by atoms with Crippen molar-refractivity contribution in [2.45, 2.75) is 11.8 Å². The summed E-state index contributed by atoms with van der Waals surface area (Å²) in [5, 5.41) is 9.07. The molecule has 0 spiro atoms. The molecule has 0 aliphatic rings. The number of hydrogen-bond acceptors (Lipinski definition) is 4. The summed E-state index contributed by atoms with van der Waals surface area (Å²) in [6.07, 6.45) is 0. The van der Waals surface area contributed by atoms with Crippen LogP contribution in [0.15, 0.2) is 47.4 Å². The van der Waals surface area contributed by atoms with Gasteiger partial charge in [0.15, 0.2) is 0 Å². The summed E-state index contributed by atoms with van der Waals surface area (Å²) in [7, 11) is 0. The van der Waals surface area contributed by atoms with Crippen LogP contribution in [0.25, 0.3) is 0 Å². The Morgan fingerprint density at radius 2 is 2.05 bits per heavy atom. The number of nitrogen functional groups attached to an aromatic ring is 1. The van der Waals surface area contributed by atoms with Crippen molar-refractivity contribution in [1.82, 2.24) is 0 Å². The van der Waals surface area contributed by atoms with Gasteiger partial charge in [-0.15, -0.1) is 11.8 Å². The second kappa shape index (κ2) is 7.04. The lowest BCUT2D eigenvalue weighted by atomic mass is 10.2. The minimum atomic E-state index is -0.985. The van der Waals surface area contributed by atoms with Crippen molar-refractivity contribution >= 4 is 23.4 Å². The molecule has 3 N–H and O–H groups in total. The third kappa shape index (κ3) is 4.16. The predicted molar refractivity (Wildman–Crippen MR) is 85.2 cm³/mol. The van der Waals surface area contributed by atoms with Crippen LogP contribution >= 0.6 is 11.8 Å². The van der Waals surface area contributed by atoms with E-state index in [2.05, 4.69) is 0 Å². The van der Waals surface area contributed by atoms with Crippen LogP contribution in [0.2, 0.25) is 0 Å². The third-order valence-electron chi connectivity index (χ3n) is 2.88. The lowest BCUT2D eigenvalue weighted by Crippen LogP contribution is -2.06. The Bertz CT molecular complexity index is 643. The molecule has 2 aromatic rings. The number of para-hydroxylation sites is 1. The lowest BCUT2D eigenvalue weighted by Gasteiger charge is -2.10. The fourth-order valence-corrected chi connectivity index (χ4v) is 2.73. The van der Waals surface area contributed by atoms with Gasteiger partial charge in [-0.25, -0.2) is 4.79 Å². The van der Waals surface area contributed by atoms with Gasteiger partial charge in [-0.1, -0.05) is 18.2 Å². The predicted octanol–water partition coefficient (Wildman–Crippen LogP) is 3.45. The van der Waals surface area contributed by atoms with E-state index in [9.17, 15) is 4.79 Å². The second-order valence-electron chi connectivity index (χ2n) is 4.54. The SMILES string of the molecule is Cc1ccc(N)c(SCCOc2ccccc2C(=O)O)c1. The van der Waals surface area contributed by atoms with Crippen molar-refractivity contribution in [2.75, 3.05) is 18.1 Å². The Hall–Kier alpha value is -2.14. The van der Waals surface area contributed by atoms with Crippen molar-refractivity contribution in [3.63, 3.8) is 0 Å². The Morgan fingerprint density at radius 1 is 1.29 bits per heavy atom. The molecule has 0 radical (unpaired) electrons. The van der Waals surface area contributed by atoms with E-state index in [1.807, 2.05) is 25.1 Å². The smallest absolute Gasteiger partial charge is 0.339 e. The third-order valence-corrected chi connectivity index (χ3v) is 3.92. The highest BCUT2D eigenvalue weighted by atomic mass is 32.2. The van der Waals surface area contributed by atoms with E-state index in [0.717, 1.165) is 16.1 Å². The Labute approximate surface area is 127 Å². The minimum Gasteiger partial charge on any atom is -0.492 e. The molecule has 0 amide bonds. The highest BCUT2D eigenvalue weighted by Gasteiger charge is 2.09. The van der Waals surface area contributed by atoms with Gasteiger partial charge in [0, 0.05) is 16.3 Å². The van der Waals surface area contributed by atoms with Crippen LogP contribution in [-0.4, -0.2) is 23.4 Å². The number of ether oxygens (including phenoxy) is 1. The first-order valence-corrected chi connectivity index (χ1v) is 7.50. The van der Waals surface area contributed by atoms with Crippen LogP contribution < -0.4 is 10.5 Å². The first-order chi connectivity index (χ1) is 10.1. The number of carbonyl (C=O) groups is 1. The molecule has 2 aromatic carbocycles. The second-order valence-corrected chi connectivity index (χ2v) is 5.68. The van der Waals surface area contributed by atoms with E-state index in [1.54, 1.807) is 30.0 Å². The fraction of sp³-hybridized carbons (Fsp3) is 0.188. The van der Waals surface area contributed by atoms with Crippen LogP contribution in [0.5, 0.6) is 5.75 Å². The Kier molecular flexibility index (Phi) is 5.11. The molecule has 0 saturated carbocycles. The minimum absolute atomic E-state index is 0.178. The Morgan fingerprint density at radius 3 is 2.81 bits per heavy atom. The quantitative estimate of drug-likeness (QED) is 0.486. The van der Waals surface area contributed by atoms with Crippen molar-refractivity contribution < 1.29 is 14.6 Å². The number of carboxylic acid groups (broad SMARTS) is 1. The fourth-order valence-electron chi connectivity index (χ4n) is 1.84. The zero-order chi connectivity index (χ0) is 15.2. The number of aromatic carboxylic acids is 1. The summed E-state index contributed by atoms with van der Waals surface area (Å²) in [5.74, 6) is 0.103. The molecule has 0 aromatic heterocycles. The number of carboxylic acids is 1. The molecule has 2 rings (SSSR count). The molecule has 0 saturated heterocycles. The molecule has 0 aliphatic carbocycles. The zero-order valence-electron chi connectivity index (χ0n) is 11.7. The van der Waals surface area contributed by atoms with Gasteiger partial charge >= 0.3 is 5.97 Å². The van der Waals surface area contributed by atoms with Crippen LogP contribution in [0.4, 0.5) is 5.69 Å². The number of anilines is 1. The van der Waals surface area contributed by atoms with E-state index >= 15 is 0 Å². The van der Waals surface area contributed by atoms with Crippen molar-refractivity contribution in [2.24, 2.45) is 0 Å². The van der Waals surface area contributed by atoms with E-state index in [4.69, 9.17) is 15.6 Å². The number of hydrogen-bond donors (Lipinski definition) is 2. The molecule has 0 heterocycles. The van der Waals surface area contributed by atoms with Gasteiger partial charge in [0.2, 0.25) is 0 Å². The molecule has 0 fully saturated rings. The highest BCUT2D eigenvalue weighted by molar-refractivity contribution is 7.99. The standard InChI is InChI=1S/C16H17NO3S/c1-11-6-7-13(17)15(10-11)21-9-8-20-14-5-3-2-4-12(14)16(18)19/h2-7,10H,8-9,17H2,1H3,(H,18,19). The number of aryl methyl sites for hydroxylation is 1. The van der Waals surface area contributed by atoms with Gasteiger partial charge < -0.3 is 15.6 Å². The molecule has 4 nitrogen and oxygen atoms in total. The molecule has 21 heavy (non-hydrogen) atoms. The first kappa shape index (κ1) is 15.3. The van der Waals surface area contributed by atoms with Gasteiger partial charge in [0.05, 0.1) is 6.61 Å². The largest absolute Gasteiger partial charge is 0.492 e. The van der Waals surface area contributed by atoms with Crippen LogP contribution in [0, 0.1) is 6.92 Å². The lowest BCUT2D eigenvalue weighted by molar-refractivity contribution is 0.0692. The van der Waals surface area contributed by atoms with Gasteiger partial charge in [0.1, 0.15) is 11.3 Å². The van der Waals surface area contributed by atoms with E-state index in [1.165, 1.54) is 6.07 Å². The summed E-state index contributed by atoms with van der Waals surface area (Å²) in [6.45, 7) is 2.44. The highest BCUT2D eigenvalue weighted by Crippen LogP contribution is 2.26.